The van der Waals surface area contributed by atoms with Gasteiger partial charge in [0.2, 0.25) is 5.91 Å². The van der Waals surface area contributed by atoms with Crippen LogP contribution in [0.25, 0.3) is 0 Å². The molecule has 0 spiro atoms. The van der Waals surface area contributed by atoms with E-state index in [0.29, 0.717) is 6.54 Å². The van der Waals surface area contributed by atoms with Crippen LogP contribution >= 0.6 is 0 Å². The molecule has 1 aliphatic carbocycles. The summed E-state index contributed by atoms with van der Waals surface area (Å²) >= 11 is 0. The number of carboxylic acids is 1. The Morgan fingerprint density at radius 2 is 2.33 bits per heavy atom. The first-order chi connectivity index (χ1) is 5.61. The van der Waals surface area contributed by atoms with E-state index in [1.165, 1.54) is 0 Å². The van der Waals surface area contributed by atoms with Gasteiger partial charge in [0.1, 0.15) is 0 Å². The number of carbonyl (C=O) groups is 2. The van der Waals surface area contributed by atoms with Gasteiger partial charge in [-0.15, -0.1) is 0 Å². The number of rotatable bonds is 2. The third-order valence-corrected chi connectivity index (χ3v) is 2.89. The average molecular weight is 169 g/mol. The van der Waals surface area contributed by atoms with Crippen LogP contribution in [-0.4, -0.2) is 23.5 Å². The molecule has 2 heterocycles. The second-order valence-electron chi connectivity index (χ2n) is 3.89. The first kappa shape index (κ1) is 7.58. The highest BCUT2D eigenvalue weighted by Crippen LogP contribution is 2.50. The first-order valence-electron chi connectivity index (χ1n) is 4.11. The van der Waals surface area contributed by atoms with E-state index >= 15 is 0 Å². The smallest absolute Gasteiger partial charge is 0.303 e. The number of hydrogen-bond acceptors (Lipinski definition) is 2. The van der Waals surface area contributed by atoms with Gasteiger partial charge in [-0.3, -0.25) is 9.59 Å². The van der Waals surface area contributed by atoms with Crippen LogP contribution in [0.5, 0.6) is 0 Å². The van der Waals surface area contributed by atoms with Crippen molar-refractivity contribution in [2.45, 2.75) is 19.3 Å². The molecular weight excluding hydrogens is 158 g/mol. The molecule has 0 aromatic heterocycles. The van der Waals surface area contributed by atoms with Crippen molar-refractivity contribution in [3.05, 3.63) is 0 Å². The lowest BCUT2D eigenvalue weighted by atomic mass is 9.57. The fourth-order valence-electron chi connectivity index (χ4n) is 2.26. The van der Waals surface area contributed by atoms with E-state index in [2.05, 4.69) is 5.32 Å². The van der Waals surface area contributed by atoms with Gasteiger partial charge in [0, 0.05) is 12.5 Å². The van der Waals surface area contributed by atoms with Gasteiger partial charge in [-0.2, -0.15) is 0 Å². The molecule has 0 aromatic carbocycles. The van der Waals surface area contributed by atoms with Crippen LogP contribution in [-0.2, 0) is 9.59 Å². The van der Waals surface area contributed by atoms with Crippen LogP contribution in [0.2, 0.25) is 0 Å². The van der Waals surface area contributed by atoms with Gasteiger partial charge in [-0.05, 0) is 18.3 Å². The van der Waals surface area contributed by atoms with Gasteiger partial charge in [0.15, 0.2) is 0 Å². The molecule has 3 rings (SSSR count). The number of amides is 1. The average Bonchev–Trinajstić information content (AvgIpc) is 1.90. The van der Waals surface area contributed by atoms with Gasteiger partial charge in [-0.1, -0.05) is 0 Å². The van der Waals surface area contributed by atoms with Crippen LogP contribution in [0.3, 0.4) is 0 Å². The molecule has 0 radical (unpaired) electrons. The summed E-state index contributed by atoms with van der Waals surface area (Å²) in [5.41, 5.74) is -0.107. The van der Waals surface area contributed by atoms with Crippen molar-refractivity contribution >= 4 is 11.9 Å². The number of carboxylic acid groups (broad SMARTS) is 1. The standard InChI is InChI=1S/C8H11NO3/c10-6(11)3-8-1-5(2-8)7(12)9-4-8/h5H,1-4H2,(H,9,12)(H,10,11). The summed E-state index contributed by atoms with van der Waals surface area (Å²) in [5.74, 6) is -0.565. The van der Waals surface area contributed by atoms with E-state index in [1.54, 1.807) is 0 Å². The number of nitrogens with one attached hydrogen (secondary N) is 1. The maximum absolute atomic E-state index is 11.0. The van der Waals surface area contributed by atoms with Crippen LogP contribution in [0, 0.1) is 11.3 Å². The molecule has 4 heteroatoms. The molecule has 2 aliphatic heterocycles. The Morgan fingerprint density at radius 1 is 1.67 bits per heavy atom. The van der Waals surface area contributed by atoms with E-state index in [4.69, 9.17) is 5.11 Å². The van der Waals surface area contributed by atoms with E-state index < -0.39 is 5.97 Å². The number of hydrogen-bond donors (Lipinski definition) is 2. The van der Waals surface area contributed by atoms with E-state index in [1.807, 2.05) is 0 Å². The molecule has 3 aliphatic rings. The maximum atomic E-state index is 11.0. The minimum Gasteiger partial charge on any atom is -0.481 e. The van der Waals surface area contributed by atoms with E-state index in [-0.39, 0.29) is 23.7 Å². The monoisotopic (exact) mass is 169 g/mol. The predicted molar refractivity (Wildman–Crippen MR) is 40.4 cm³/mol. The minimum atomic E-state index is -0.760. The summed E-state index contributed by atoms with van der Waals surface area (Å²) in [6.07, 6.45) is 1.74. The van der Waals surface area contributed by atoms with Crippen molar-refractivity contribution in [2.75, 3.05) is 6.54 Å². The van der Waals surface area contributed by atoms with Crippen molar-refractivity contribution < 1.29 is 14.7 Å². The summed E-state index contributed by atoms with van der Waals surface area (Å²) in [5, 5.41) is 11.3. The first-order valence-corrected chi connectivity index (χ1v) is 4.11. The van der Waals surface area contributed by atoms with Gasteiger partial charge >= 0.3 is 5.97 Å². The molecule has 3 fully saturated rings. The van der Waals surface area contributed by atoms with Gasteiger partial charge in [0.25, 0.3) is 0 Å². The summed E-state index contributed by atoms with van der Waals surface area (Å²) in [7, 11) is 0. The number of carbonyl (C=O) groups excluding carboxylic acids is 1. The highest BCUT2D eigenvalue weighted by molar-refractivity contribution is 5.82. The van der Waals surface area contributed by atoms with E-state index in [9.17, 15) is 9.59 Å². The van der Waals surface area contributed by atoms with Crippen molar-refractivity contribution in [2.24, 2.45) is 11.3 Å². The zero-order valence-electron chi connectivity index (χ0n) is 6.67. The molecule has 0 unspecified atom stereocenters. The Kier molecular flexibility index (Phi) is 1.40. The zero-order valence-corrected chi connectivity index (χ0v) is 6.67. The molecule has 2 N–H and O–H groups in total. The third-order valence-electron chi connectivity index (χ3n) is 2.89. The van der Waals surface area contributed by atoms with Gasteiger partial charge in [-0.25, -0.2) is 0 Å². The predicted octanol–water partition coefficient (Wildman–Crippen LogP) is -0.0127. The largest absolute Gasteiger partial charge is 0.481 e. The van der Waals surface area contributed by atoms with Crippen LogP contribution < -0.4 is 5.32 Å². The Labute approximate surface area is 69.9 Å². The Balaban J connectivity index is 2.01. The minimum absolute atomic E-state index is 0.0955. The summed E-state index contributed by atoms with van der Waals surface area (Å²) in [6, 6.07) is 0. The Morgan fingerprint density at radius 3 is 2.75 bits per heavy atom. The second-order valence-corrected chi connectivity index (χ2v) is 3.89. The molecule has 66 valence electrons. The summed E-state index contributed by atoms with van der Waals surface area (Å²) in [4.78, 5) is 21.5. The highest BCUT2D eigenvalue weighted by Gasteiger charge is 2.52. The second kappa shape index (κ2) is 2.21. The molecule has 0 atom stereocenters. The maximum Gasteiger partial charge on any atom is 0.303 e. The number of piperidine rings is 2. The lowest BCUT2D eigenvalue weighted by Gasteiger charge is -2.50. The molecule has 12 heavy (non-hydrogen) atoms. The lowest BCUT2D eigenvalue weighted by Crippen LogP contribution is -2.58. The topological polar surface area (TPSA) is 66.4 Å². The Bertz CT molecular complexity index is 237. The van der Waals surface area contributed by atoms with Crippen LogP contribution in [0.4, 0.5) is 0 Å². The highest BCUT2D eigenvalue weighted by atomic mass is 16.4. The van der Waals surface area contributed by atoms with Crippen LogP contribution in [0.1, 0.15) is 19.3 Å². The molecule has 1 saturated carbocycles. The third kappa shape index (κ3) is 0.983. The van der Waals surface area contributed by atoms with Crippen molar-refractivity contribution in [3.8, 4) is 0 Å². The molecule has 4 nitrogen and oxygen atoms in total. The molecule has 2 saturated heterocycles. The normalized spacial score (nSPS) is 38.3. The van der Waals surface area contributed by atoms with Crippen molar-refractivity contribution in [1.29, 1.82) is 0 Å². The molecule has 0 aromatic rings. The van der Waals surface area contributed by atoms with Crippen molar-refractivity contribution in [3.63, 3.8) is 0 Å². The fourth-order valence-corrected chi connectivity index (χ4v) is 2.26. The number of fused-ring (bicyclic) bond motifs is 2. The number of aliphatic carboxylic acids is 1. The van der Waals surface area contributed by atoms with Crippen LogP contribution in [0.15, 0.2) is 0 Å². The summed E-state index contributed by atoms with van der Waals surface area (Å²) in [6.45, 7) is 0.550. The lowest BCUT2D eigenvalue weighted by molar-refractivity contribution is -0.152. The quantitative estimate of drug-likeness (QED) is 0.610. The van der Waals surface area contributed by atoms with Gasteiger partial charge in [0.05, 0.1) is 6.42 Å². The van der Waals surface area contributed by atoms with E-state index in [0.717, 1.165) is 12.8 Å². The van der Waals surface area contributed by atoms with Crippen molar-refractivity contribution in [1.82, 2.24) is 5.32 Å². The summed E-state index contributed by atoms with van der Waals surface area (Å²) < 4.78 is 0. The van der Waals surface area contributed by atoms with Gasteiger partial charge < -0.3 is 10.4 Å². The molecule has 1 amide bonds. The zero-order chi connectivity index (χ0) is 8.77. The Hall–Kier alpha value is -1.06. The molecular formula is C8H11NO3. The SMILES string of the molecule is O=C(O)CC12CNC(=O)C(C1)C2. The fraction of sp³-hybridized carbons (Fsp3) is 0.750. The molecule has 2 bridgehead atoms.